The number of carbonyl (C=O) groups excluding carboxylic acids is 1. The average molecular weight is 596 g/mol. The van der Waals surface area contributed by atoms with Gasteiger partial charge in [0.05, 0.1) is 5.41 Å². The second-order valence-corrected chi connectivity index (χ2v) is 17.0. The molecule has 0 radical (unpaired) electrons. The number of anilines is 1. The van der Waals surface area contributed by atoms with Gasteiger partial charge in [0.25, 0.3) is 0 Å². The molecule has 0 bridgehead atoms. The Morgan fingerprint density at radius 3 is 2.21 bits per heavy atom. The van der Waals surface area contributed by atoms with E-state index < -0.39 is 17.5 Å². The number of amides is 1. The fourth-order valence-corrected chi connectivity index (χ4v) is 12.8. The average Bonchev–Trinajstić information content (AvgIpc) is 3.34. The molecule has 43 heavy (non-hydrogen) atoms. The molecule has 6 rings (SSSR count). The van der Waals surface area contributed by atoms with Crippen molar-refractivity contribution in [2.45, 2.75) is 119 Å². The predicted octanol–water partition coefficient (Wildman–Crippen LogP) is 9.56. The van der Waals surface area contributed by atoms with Gasteiger partial charge in [0, 0.05) is 11.1 Å². The van der Waals surface area contributed by atoms with Gasteiger partial charge in [0.2, 0.25) is 0 Å². The molecule has 0 aromatic heterocycles. The minimum Gasteiger partial charge on any atom is -0.481 e. The van der Waals surface area contributed by atoms with Gasteiger partial charge in [-0.15, -0.1) is 0 Å². The zero-order valence-electron chi connectivity index (χ0n) is 27.5. The Kier molecular flexibility index (Phi) is 7.33. The number of hydrogen-bond acceptors (Lipinski definition) is 3. The highest BCUT2D eigenvalue weighted by Gasteiger charge is 2.72. The molecule has 0 spiro atoms. The summed E-state index contributed by atoms with van der Waals surface area (Å²) in [5, 5.41) is 13.4. The van der Waals surface area contributed by atoms with Gasteiger partial charge in [-0.1, -0.05) is 48.5 Å². The zero-order valence-corrected chi connectivity index (χ0v) is 27.5. The summed E-state index contributed by atoms with van der Waals surface area (Å²) in [4.78, 5) is 25.9. The SMILES string of the molecule is CC(C)[C@@H]1CC[C@]2(C(=O)O)CC[C@]3(C)C(CCC4[C@@]5(C)CC[C@@H](OC(=O)Nc6ccc(F)cc6)C(C)(C)C5CC[C@]43C)C12. The third-order valence-corrected chi connectivity index (χ3v) is 15.0. The molecule has 1 amide bonds. The van der Waals surface area contributed by atoms with E-state index in [9.17, 15) is 19.1 Å². The molecule has 10 atom stereocenters. The van der Waals surface area contributed by atoms with Gasteiger partial charge in [0.15, 0.2) is 0 Å². The molecular weight excluding hydrogens is 541 g/mol. The molecule has 1 aromatic carbocycles. The quantitative estimate of drug-likeness (QED) is 0.363. The summed E-state index contributed by atoms with van der Waals surface area (Å²) >= 11 is 0. The Bertz CT molecular complexity index is 1260. The van der Waals surface area contributed by atoms with Crippen molar-refractivity contribution in [2.75, 3.05) is 5.32 Å². The summed E-state index contributed by atoms with van der Waals surface area (Å²) in [6.07, 6.45) is 9.57. The highest BCUT2D eigenvalue weighted by atomic mass is 19.1. The number of carboxylic acid groups (broad SMARTS) is 1. The van der Waals surface area contributed by atoms with E-state index in [0.29, 0.717) is 35.3 Å². The number of aliphatic carboxylic acids is 1. The first-order valence-electron chi connectivity index (χ1n) is 17.1. The zero-order chi connectivity index (χ0) is 31.2. The van der Waals surface area contributed by atoms with Gasteiger partial charge in [-0.25, -0.2) is 9.18 Å². The Balaban J connectivity index is 1.25. The molecule has 5 aliphatic carbocycles. The van der Waals surface area contributed by atoms with E-state index in [1.807, 2.05) is 0 Å². The van der Waals surface area contributed by atoms with Crippen molar-refractivity contribution >= 4 is 17.7 Å². The lowest BCUT2D eigenvalue weighted by atomic mass is 9.32. The normalized spacial score (nSPS) is 44.9. The maximum absolute atomic E-state index is 13.3. The van der Waals surface area contributed by atoms with Crippen LogP contribution in [-0.2, 0) is 9.53 Å². The topological polar surface area (TPSA) is 75.6 Å². The van der Waals surface area contributed by atoms with Crippen molar-refractivity contribution in [1.82, 2.24) is 0 Å². The molecule has 6 heteroatoms. The lowest BCUT2D eigenvalue weighted by molar-refractivity contribution is -0.249. The van der Waals surface area contributed by atoms with Crippen LogP contribution in [0, 0.1) is 68.4 Å². The molecule has 5 saturated carbocycles. The van der Waals surface area contributed by atoms with Crippen LogP contribution in [0.15, 0.2) is 24.3 Å². The van der Waals surface area contributed by atoms with Crippen LogP contribution in [0.4, 0.5) is 14.9 Å². The van der Waals surface area contributed by atoms with Gasteiger partial charge < -0.3 is 9.84 Å². The lowest BCUT2D eigenvalue weighted by Gasteiger charge is -2.72. The summed E-state index contributed by atoms with van der Waals surface area (Å²) in [5.41, 5.74) is 0.272. The molecule has 2 N–H and O–H groups in total. The summed E-state index contributed by atoms with van der Waals surface area (Å²) < 4.78 is 19.5. The molecule has 4 unspecified atom stereocenters. The first-order chi connectivity index (χ1) is 20.1. The molecule has 5 fully saturated rings. The van der Waals surface area contributed by atoms with Gasteiger partial charge in [0.1, 0.15) is 11.9 Å². The Morgan fingerprint density at radius 1 is 0.860 bits per heavy atom. The molecule has 238 valence electrons. The van der Waals surface area contributed by atoms with E-state index >= 15 is 0 Å². The van der Waals surface area contributed by atoms with Crippen molar-refractivity contribution in [1.29, 1.82) is 0 Å². The number of hydrogen-bond donors (Lipinski definition) is 2. The van der Waals surface area contributed by atoms with Crippen LogP contribution in [-0.4, -0.2) is 23.3 Å². The number of carbonyl (C=O) groups is 2. The smallest absolute Gasteiger partial charge is 0.411 e. The third kappa shape index (κ3) is 4.34. The molecule has 0 aliphatic heterocycles. The number of rotatable bonds is 4. The summed E-state index contributed by atoms with van der Waals surface area (Å²) in [6, 6.07) is 5.78. The summed E-state index contributed by atoms with van der Waals surface area (Å²) in [6.45, 7) is 16.9. The highest BCUT2D eigenvalue weighted by Crippen LogP contribution is 2.77. The molecule has 5 nitrogen and oxygen atoms in total. The van der Waals surface area contributed by atoms with Crippen LogP contribution in [0.5, 0.6) is 0 Å². The Morgan fingerprint density at radius 2 is 1.56 bits per heavy atom. The second kappa shape index (κ2) is 10.2. The van der Waals surface area contributed by atoms with Gasteiger partial charge in [-0.2, -0.15) is 0 Å². The van der Waals surface area contributed by atoms with Crippen molar-refractivity contribution < 1.29 is 23.8 Å². The van der Waals surface area contributed by atoms with Gasteiger partial charge in [-0.3, -0.25) is 10.1 Å². The first kappa shape index (κ1) is 30.9. The van der Waals surface area contributed by atoms with Crippen LogP contribution in [0.25, 0.3) is 0 Å². The number of nitrogens with one attached hydrogen (secondary N) is 1. The van der Waals surface area contributed by atoms with Crippen LogP contribution in [0.3, 0.4) is 0 Å². The van der Waals surface area contributed by atoms with E-state index in [-0.39, 0.29) is 39.5 Å². The van der Waals surface area contributed by atoms with E-state index in [1.165, 1.54) is 18.6 Å². The molecular formula is C37H54FNO4. The fraction of sp³-hybridized carbons (Fsp3) is 0.784. The van der Waals surface area contributed by atoms with Crippen molar-refractivity contribution in [3.05, 3.63) is 30.1 Å². The molecule has 1 aromatic rings. The van der Waals surface area contributed by atoms with Gasteiger partial charge >= 0.3 is 12.1 Å². The number of halogens is 1. The third-order valence-electron chi connectivity index (χ3n) is 15.0. The Labute approximate surface area is 258 Å². The van der Waals surface area contributed by atoms with Crippen LogP contribution < -0.4 is 5.32 Å². The van der Waals surface area contributed by atoms with Crippen LogP contribution >= 0.6 is 0 Å². The van der Waals surface area contributed by atoms with Crippen molar-refractivity contribution in [2.24, 2.45) is 62.6 Å². The minimum absolute atomic E-state index is 0.136. The van der Waals surface area contributed by atoms with E-state index in [4.69, 9.17) is 4.74 Å². The Hall–Kier alpha value is -2.11. The van der Waals surface area contributed by atoms with Crippen molar-refractivity contribution in [3.63, 3.8) is 0 Å². The van der Waals surface area contributed by atoms with Crippen LogP contribution in [0.1, 0.15) is 113 Å². The largest absolute Gasteiger partial charge is 0.481 e. The molecule has 0 saturated heterocycles. The summed E-state index contributed by atoms with van der Waals surface area (Å²) in [7, 11) is 0. The maximum atomic E-state index is 13.3. The minimum atomic E-state index is -0.533. The predicted molar refractivity (Wildman–Crippen MR) is 167 cm³/mol. The number of fused-ring (bicyclic) bond motifs is 7. The number of ether oxygens (including phenoxy) is 1. The number of carboxylic acids is 1. The van der Waals surface area contributed by atoms with Crippen molar-refractivity contribution in [3.8, 4) is 0 Å². The van der Waals surface area contributed by atoms with Gasteiger partial charge in [-0.05, 0) is 140 Å². The molecule has 5 aliphatic rings. The second-order valence-electron chi connectivity index (χ2n) is 17.0. The monoisotopic (exact) mass is 595 g/mol. The fourth-order valence-electron chi connectivity index (χ4n) is 12.8. The maximum Gasteiger partial charge on any atom is 0.411 e. The number of benzene rings is 1. The van der Waals surface area contributed by atoms with E-state index in [2.05, 4.69) is 53.8 Å². The van der Waals surface area contributed by atoms with E-state index in [1.54, 1.807) is 12.1 Å². The lowest BCUT2D eigenvalue weighted by Crippen LogP contribution is -2.67. The standard InChI is InChI=1S/C37H54FNO4/c1-22(2)25-14-19-37(31(40)41)21-20-35(6)26(30(25)37)12-13-28-34(5)17-16-29(33(3,4)27(34)15-18-36(28,35)7)43-32(42)39-24-10-8-23(38)9-11-24/h8-11,22,25-30H,12-21H2,1-7H3,(H,39,42)(H,40,41)/t25-,26?,27?,28?,29+,30?,34-,35+,36+,37-/m0/s1. The highest BCUT2D eigenvalue weighted by molar-refractivity contribution is 5.84. The van der Waals surface area contributed by atoms with E-state index in [0.717, 1.165) is 57.8 Å². The van der Waals surface area contributed by atoms with Crippen LogP contribution in [0.2, 0.25) is 0 Å². The molecule has 0 heterocycles. The summed E-state index contributed by atoms with van der Waals surface area (Å²) in [5.74, 6) is 1.91. The first-order valence-corrected chi connectivity index (χ1v) is 17.1.